The number of nitrogens with one attached hydrogen (secondary N) is 1. The number of anilines is 1. The van der Waals surface area contributed by atoms with Gasteiger partial charge < -0.3 is 10.1 Å². The Morgan fingerprint density at radius 1 is 1.60 bits per heavy atom. The highest BCUT2D eigenvalue weighted by atomic mass is 35.5. The Morgan fingerprint density at radius 2 is 2.40 bits per heavy atom. The van der Waals surface area contributed by atoms with Crippen LogP contribution in [0, 0.1) is 0 Å². The van der Waals surface area contributed by atoms with Crippen LogP contribution < -0.4 is 10.1 Å². The van der Waals surface area contributed by atoms with Crippen LogP contribution in [0.15, 0.2) is 28.9 Å². The number of ether oxygens (including phenoxy) is 1. The van der Waals surface area contributed by atoms with Crippen molar-refractivity contribution in [3.63, 3.8) is 0 Å². The lowest BCUT2D eigenvalue weighted by molar-refractivity contribution is 0.327. The molecule has 0 unspecified atom stereocenters. The van der Waals surface area contributed by atoms with Crippen molar-refractivity contribution in [3.05, 3.63) is 28.9 Å². The van der Waals surface area contributed by atoms with E-state index in [1.807, 2.05) is 13.0 Å². The second-order valence-electron chi connectivity index (χ2n) is 2.73. The fourth-order valence-electron chi connectivity index (χ4n) is 0.943. The molecule has 5 heteroatoms. The van der Waals surface area contributed by atoms with Crippen LogP contribution in [-0.2, 0) is 0 Å². The van der Waals surface area contributed by atoms with Crippen molar-refractivity contribution in [2.45, 2.75) is 6.92 Å². The predicted octanol–water partition coefficient (Wildman–Crippen LogP) is 3.21. The van der Waals surface area contributed by atoms with Crippen molar-refractivity contribution in [2.75, 3.05) is 18.5 Å². The van der Waals surface area contributed by atoms with Gasteiger partial charge >= 0.3 is 0 Å². The number of hydrogen-bond donors (Lipinski definition) is 1. The Morgan fingerprint density at radius 3 is 2.93 bits per heavy atom. The zero-order valence-corrected chi connectivity index (χ0v) is 9.85. The molecule has 15 heavy (non-hydrogen) atoms. The minimum absolute atomic E-state index is 0.487. The van der Waals surface area contributed by atoms with E-state index in [0.29, 0.717) is 24.1 Å². The predicted molar refractivity (Wildman–Crippen MR) is 63.7 cm³/mol. The standard InChI is InChI=1S/C10H12Cl2N2O/c1-2-15-10-4-3-9(7-14-10)13-6-8(12)5-11/h3-5,7,13H,2,6H2,1H3. The number of halogens is 2. The highest BCUT2D eigenvalue weighted by Gasteiger charge is 1.96. The number of rotatable bonds is 5. The number of nitrogens with zero attached hydrogens (tertiary/aromatic N) is 1. The molecule has 3 nitrogen and oxygen atoms in total. The van der Waals surface area contributed by atoms with E-state index >= 15 is 0 Å². The van der Waals surface area contributed by atoms with Gasteiger partial charge in [-0.05, 0) is 13.0 Å². The molecule has 0 saturated carbocycles. The van der Waals surface area contributed by atoms with Gasteiger partial charge in [0.2, 0.25) is 5.88 Å². The molecule has 0 atom stereocenters. The largest absolute Gasteiger partial charge is 0.478 e. The molecule has 0 aromatic carbocycles. The van der Waals surface area contributed by atoms with Gasteiger partial charge in [0, 0.05) is 16.6 Å². The molecule has 1 rings (SSSR count). The van der Waals surface area contributed by atoms with E-state index in [-0.39, 0.29) is 0 Å². The normalized spacial score (nSPS) is 11.3. The fourth-order valence-corrected chi connectivity index (χ4v) is 1.09. The summed E-state index contributed by atoms with van der Waals surface area (Å²) in [6, 6.07) is 3.67. The van der Waals surface area contributed by atoms with Crippen molar-refractivity contribution in [1.82, 2.24) is 4.98 Å². The smallest absolute Gasteiger partial charge is 0.213 e. The van der Waals surface area contributed by atoms with Crippen LogP contribution in [0.3, 0.4) is 0 Å². The lowest BCUT2D eigenvalue weighted by Gasteiger charge is -2.06. The molecule has 0 aliphatic rings. The van der Waals surface area contributed by atoms with Crippen LogP contribution in [-0.4, -0.2) is 18.1 Å². The van der Waals surface area contributed by atoms with Gasteiger partial charge in [-0.15, -0.1) is 0 Å². The molecular weight excluding hydrogens is 235 g/mol. The van der Waals surface area contributed by atoms with Crippen molar-refractivity contribution in [2.24, 2.45) is 0 Å². The number of pyridine rings is 1. The van der Waals surface area contributed by atoms with Crippen molar-refractivity contribution in [3.8, 4) is 5.88 Å². The van der Waals surface area contributed by atoms with E-state index in [2.05, 4.69) is 10.3 Å². The molecule has 0 fully saturated rings. The van der Waals surface area contributed by atoms with Crippen LogP contribution in [0.4, 0.5) is 5.69 Å². The molecular formula is C10H12Cl2N2O. The fraction of sp³-hybridized carbons (Fsp3) is 0.300. The summed E-state index contributed by atoms with van der Waals surface area (Å²) in [7, 11) is 0. The molecule has 0 spiro atoms. The molecule has 0 aliphatic heterocycles. The molecule has 1 N–H and O–H groups in total. The zero-order valence-electron chi connectivity index (χ0n) is 8.34. The Kier molecular flexibility index (Phi) is 5.29. The number of aromatic nitrogens is 1. The maximum atomic E-state index is 5.72. The van der Waals surface area contributed by atoms with E-state index in [9.17, 15) is 0 Å². The maximum Gasteiger partial charge on any atom is 0.213 e. The molecule has 1 aromatic heterocycles. The van der Waals surface area contributed by atoms with Gasteiger partial charge in [-0.25, -0.2) is 4.98 Å². The van der Waals surface area contributed by atoms with Gasteiger partial charge in [0.15, 0.2) is 0 Å². The third-order valence-corrected chi connectivity index (χ3v) is 2.23. The highest BCUT2D eigenvalue weighted by Crippen LogP contribution is 2.12. The summed E-state index contributed by atoms with van der Waals surface area (Å²) in [5.74, 6) is 0.613. The van der Waals surface area contributed by atoms with Crippen LogP contribution in [0.1, 0.15) is 6.92 Å². The summed E-state index contributed by atoms with van der Waals surface area (Å²) in [6.07, 6.45) is 1.68. The molecule has 0 amide bonds. The van der Waals surface area contributed by atoms with Gasteiger partial charge in [-0.1, -0.05) is 23.2 Å². The van der Waals surface area contributed by atoms with Gasteiger partial charge in [-0.2, -0.15) is 0 Å². The van der Waals surface area contributed by atoms with Gasteiger partial charge in [-0.3, -0.25) is 0 Å². The van der Waals surface area contributed by atoms with Crippen LogP contribution in [0.2, 0.25) is 0 Å². The van der Waals surface area contributed by atoms with E-state index < -0.39 is 0 Å². The van der Waals surface area contributed by atoms with E-state index in [0.717, 1.165) is 5.69 Å². The average molecular weight is 247 g/mol. The van der Waals surface area contributed by atoms with Crippen molar-refractivity contribution >= 4 is 28.9 Å². The van der Waals surface area contributed by atoms with Crippen LogP contribution in [0.5, 0.6) is 5.88 Å². The van der Waals surface area contributed by atoms with Gasteiger partial charge in [0.25, 0.3) is 0 Å². The lowest BCUT2D eigenvalue weighted by atomic mass is 10.4. The summed E-state index contributed by atoms with van der Waals surface area (Å²) in [6.45, 7) is 3.01. The minimum atomic E-state index is 0.487. The lowest BCUT2D eigenvalue weighted by Crippen LogP contribution is -2.02. The summed E-state index contributed by atoms with van der Waals surface area (Å²) in [4.78, 5) is 4.09. The topological polar surface area (TPSA) is 34.1 Å². The molecule has 1 heterocycles. The van der Waals surface area contributed by atoms with E-state index in [4.69, 9.17) is 27.9 Å². The minimum Gasteiger partial charge on any atom is -0.478 e. The van der Waals surface area contributed by atoms with Gasteiger partial charge in [0.05, 0.1) is 25.0 Å². The Hall–Kier alpha value is -0.930. The van der Waals surface area contributed by atoms with Crippen LogP contribution in [0.25, 0.3) is 0 Å². The average Bonchev–Trinajstić information content (AvgIpc) is 2.28. The highest BCUT2D eigenvalue weighted by molar-refractivity contribution is 6.36. The summed E-state index contributed by atoms with van der Waals surface area (Å²) in [5.41, 5.74) is 2.20. The Balaban J connectivity index is 2.49. The quantitative estimate of drug-likeness (QED) is 0.867. The summed E-state index contributed by atoms with van der Waals surface area (Å²) in [5, 5.41) is 3.61. The maximum absolute atomic E-state index is 5.72. The third kappa shape index (κ3) is 4.40. The summed E-state index contributed by atoms with van der Waals surface area (Å²) >= 11 is 11.1. The zero-order chi connectivity index (χ0) is 11.1. The van der Waals surface area contributed by atoms with Crippen LogP contribution >= 0.6 is 23.2 Å². The molecule has 0 bridgehead atoms. The first kappa shape index (κ1) is 12.1. The summed E-state index contributed by atoms with van der Waals surface area (Å²) < 4.78 is 5.21. The third-order valence-electron chi connectivity index (χ3n) is 1.61. The first-order valence-corrected chi connectivity index (χ1v) is 5.35. The second kappa shape index (κ2) is 6.53. The number of hydrogen-bond acceptors (Lipinski definition) is 3. The SMILES string of the molecule is CCOc1ccc(NCC(Cl)=CCl)cn1. The monoisotopic (exact) mass is 246 g/mol. The van der Waals surface area contributed by atoms with E-state index in [1.54, 1.807) is 12.3 Å². The first-order chi connectivity index (χ1) is 7.26. The van der Waals surface area contributed by atoms with E-state index in [1.165, 1.54) is 5.54 Å². The molecule has 0 radical (unpaired) electrons. The second-order valence-corrected chi connectivity index (χ2v) is 3.43. The molecule has 0 aliphatic carbocycles. The molecule has 1 aromatic rings. The molecule has 82 valence electrons. The Bertz CT molecular complexity index is 325. The van der Waals surface area contributed by atoms with Gasteiger partial charge in [0.1, 0.15) is 0 Å². The Labute approximate surface area is 99.1 Å². The molecule has 0 saturated heterocycles. The van der Waals surface area contributed by atoms with Crippen molar-refractivity contribution in [1.29, 1.82) is 0 Å². The first-order valence-electron chi connectivity index (χ1n) is 4.53. The van der Waals surface area contributed by atoms with Crippen molar-refractivity contribution < 1.29 is 4.74 Å².